The van der Waals surface area contributed by atoms with Crippen molar-refractivity contribution in [3.63, 3.8) is 0 Å². The van der Waals surface area contributed by atoms with Gasteiger partial charge in [-0.05, 0) is 17.7 Å². The van der Waals surface area contributed by atoms with Crippen LogP contribution in [0, 0.1) is 0 Å². The second-order valence-electron chi connectivity index (χ2n) is 3.85. The molecule has 1 heterocycles. The van der Waals surface area contributed by atoms with E-state index in [1.165, 1.54) is 18.7 Å². The number of aliphatic carboxylic acids is 1. The van der Waals surface area contributed by atoms with E-state index in [2.05, 4.69) is 15.3 Å². The number of carbonyl (C=O) groups is 2. The Morgan fingerprint density at radius 3 is 2.32 bits per heavy atom. The van der Waals surface area contributed by atoms with E-state index in [0.717, 1.165) is 0 Å². The fourth-order valence-corrected chi connectivity index (χ4v) is 1.50. The van der Waals surface area contributed by atoms with Crippen molar-refractivity contribution in [2.45, 2.75) is 6.42 Å². The van der Waals surface area contributed by atoms with Crippen LogP contribution < -0.4 is 5.32 Å². The molecule has 0 saturated heterocycles. The van der Waals surface area contributed by atoms with Crippen molar-refractivity contribution < 1.29 is 14.7 Å². The Kier molecular flexibility index (Phi) is 3.82. The number of carboxylic acids is 1. The van der Waals surface area contributed by atoms with Gasteiger partial charge in [0.2, 0.25) is 0 Å². The molecule has 2 N–H and O–H groups in total. The van der Waals surface area contributed by atoms with Crippen molar-refractivity contribution in [2.24, 2.45) is 0 Å². The van der Waals surface area contributed by atoms with Gasteiger partial charge in [0.05, 0.1) is 12.0 Å². The molecular formula is C13H11N3O3. The van der Waals surface area contributed by atoms with Gasteiger partial charge in [0.15, 0.2) is 0 Å². The number of carboxylic acid groups (broad SMARTS) is 1. The van der Waals surface area contributed by atoms with E-state index in [4.69, 9.17) is 5.11 Å². The molecule has 0 fully saturated rings. The second-order valence-corrected chi connectivity index (χ2v) is 3.85. The maximum absolute atomic E-state index is 11.8. The molecule has 0 aliphatic rings. The molecule has 96 valence electrons. The Morgan fingerprint density at radius 1 is 1.11 bits per heavy atom. The average molecular weight is 257 g/mol. The third kappa shape index (κ3) is 3.60. The number of rotatable bonds is 4. The molecule has 1 aromatic heterocycles. The maximum atomic E-state index is 11.8. The first-order chi connectivity index (χ1) is 9.15. The van der Waals surface area contributed by atoms with Crippen LogP contribution in [-0.4, -0.2) is 27.0 Å². The lowest BCUT2D eigenvalue weighted by molar-refractivity contribution is -0.136. The van der Waals surface area contributed by atoms with Gasteiger partial charge in [0.25, 0.3) is 5.91 Å². The summed E-state index contributed by atoms with van der Waals surface area (Å²) in [5, 5.41) is 11.3. The zero-order chi connectivity index (χ0) is 13.7. The number of aromatic nitrogens is 2. The summed E-state index contributed by atoms with van der Waals surface area (Å²) >= 11 is 0. The summed E-state index contributed by atoms with van der Waals surface area (Å²) in [6.07, 6.45) is 4.14. The van der Waals surface area contributed by atoms with Crippen LogP contribution >= 0.6 is 0 Å². The minimum Gasteiger partial charge on any atom is -0.481 e. The quantitative estimate of drug-likeness (QED) is 0.862. The molecule has 6 nitrogen and oxygen atoms in total. The number of anilines is 1. The number of amides is 1. The number of nitrogens with one attached hydrogen (secondary N) is 1. The normalized spacial score (nSPS) is 9.89. The Hall–Kier alpha value is -2.76. The number of hydrogen-bond acceptors (Lipinski definition) is 4. The van der Waals surface area contributed by atoms with Gasteiger partial charge in [-0.25, -0.2) is 9.97 Å². The smallest absolute Gasteiger partial charge is 0.307 e. The van der Waals surface area contributed by atoms with Gasteiger partial charge >= 0.3 is 5.97 Å². The largest absolute Gasteiger partial charge is 0.481 e. The lowest BCUT2D eigenvalue weighted by Crippen LogP contribution is -2.12. The molecule has 0 bridgehead atoms. The summed E-state index contributed by atoms with van der Waals surface area (Å²) in [5.41, 5.74) is 1.62. The van der Waals surface area contributed by atoms with Crippen LogP contribution in [0.2, 0.25) is 0 Å². The summed E-state index contributed by atoms with van der Waals surface area (Å²) in [5.74, 6) is -1.20. The summed E-state index contributed by atoms with van der Waals surface area (Å²) in [4.78, 5) is 29.8. The summed E-state index contributed by atoms with van der Waals surface area (Å²) in [7, 11) is 0. The molecular weight excluding hydrogens is 246 g/mol. The summed E-state index contributed by atoms with van der Waals surface area (Å²) < 4.78 is 0. The molecule has 0 aliphatic carbocycles. The molecule has 0 spiro atoms. The lowest BCUT2D eigenvalue weighted by atomic mass is 10.1. The predicted molar refractivity (Wildman–Crippen MR) is 67.8 cm³/mol. The molecule has 2 rings (SSSR count). The van der Waals surface area contributed by atoms with E-state index in [9.17, 15) is 9.59 Å². The monoisotopic (exact) mass is 257 g/mol. The predicted octanol–water partition coefficient (Wildman–Crippen LogP) is 1.36. The standard InChI is InChI=1S/C13H11N3O3/c17-12(18)5-9-1-3-11(4-2-9)16-13(19)10-6-14-8-15-7-10/h1-4,6-8H,5H2,(H,16,19)(H,17,18). The molecule has 0 radical (unpaired) electrons. The first-order valence-corrected chi connectivity index (χ1v) is 5.52. The van der Waals surface area contributed by atoms with Crippen molar-refractivity contribution >= 4 is 17.6 Å². The summed E-state index contributed by atoms with van der Waals surface area (Å²) in [6.45, 7) is 0. The number of carbonyl (C=O) groups excluding carboxylic acids is 1. The van der Waals surface area contributed by atoms with Crippen molar-refractivity contribution in [1.82, 2.24) is 9.97 Å². The van der Waals surface area contributed by atoms with Crippen LogP contribution in [0.25, 0.3) is 0 Å². The van der Waals surface area contributed by atoms with E-state index in [1.807, 2.05) is 0 Å². The number of hydrogen-bond donors (Lipinski definition) is 2. The first kappa shape index (κ1) is 12.7. The fourth-order valence-electron chi connectivity index (χ4n) is 1.50. The molecule has 2 aromatic rings. The van der Waals surface area contributed by atoms with Gasteiger partial charge in [-0.3, -0.25) is 9.59 Å². The van der Waals surface area contributed by atoms with Crippen molar-refractivity contribution in [1.29, 1.82) is 0 Å². The average Bonchev–Trinajstić information content (AvgIpc) is 2.41. The summed E-state index contributed by atoms with van der Waals surface area (Å²) in [6, 6.07) is 6.62. The van der Waals surface area contributed by atoms with Gasteiger partial charge in [-0.1, -0.05) is 12.1 Å². The molecule has 1 amide bonds. The second kappa shape index (κ2) is 5.72. The fraction of sp³-hybridized carbons (Fsp3) is 0.0769. The molecule has 6 heteroatoms. The van der Waals surface area contributed by atoms with Crippen molar-refractivity contribution in [3.05, 3.63) is 54.1 Å². The van der Waals surface area contributed by atoms with Gasteiger partial charge in [-0.15, -0.1) is 0 Å². The third-order valence-corrected chi connectivity index (χ3v) is 2.39. The maximum Gasteiger partial charge on any atom is 0.307 e. The highest BCUT2D eigenvalue weighted by Gasteiger charge is 2.06. The van der Waals surface area contributed by atoms with Gasteiger partial charge in [0.1, 0.15) is 6.33 Å². The highest BCUT2D eigenvalue weighted by Crippen LogP contribution is 2.11. The minimum absolute atomic E-state index is 0.0409. The van der Waals surface area contributed by atoms with Crippen molar-refractivity contribution in [3.8, 4) is 0 Å². The number of benzene rings is 1. The zero-order valence-corrected chi connectivity index (χ0v) is 9.91. The van der Waals surface area contributed by atoms with Crippen LogP contribution in [0.3, 0.4) is 0 Å². The Bertz CT molecular complexity index is 582. The van der Waals surface area contributed by atoms with Crippen LogP contribution in [0.5, 0.6) is 0 Å². The Balaban J connectivity index is 2.04. The van der Waals surface area contributed by atoms with E-state index < -0.39 is 5.97 Å². The van der Waals surface area contributed by atoms with E-state index in [0.29, 0.717) is 16.8 Å². The van der Waals surface area contributed by atoms with Crippen LogP contribution in [-0.2, 0) is 11.2 Å². The third-order valence-electron chi connectivity index (χ3n) is 2.39. The van der Waals surface area contributed by atoms with Crippen molar-refractivity contribution in [2.75, 3.05) is 5.32 Å². The number of nitrogens with zero attached hydrogens (tertiary/aromatic N) is 2. The lowest BCUT2D eigenvalue weighted by Gasteiger charge is -2.05. The zero-order valence-electron chi connectivity index (χ0n) is 9.91. The van der Waals surface area contributed by atoms with E-state index >= 15 is 0 Å². The van der Waals surface area contributed by atoms with E-state index in [-0.39, 0.29) is 12.3 Å². The molecule has 0 unspecified atom stereocenters. The van der Waals surface area contributed by atoms with Gasteiger partial charge in [0, 0.05) is 18.1 Å². The minimum atomic E-state index is -0.891. The topological polar surface area (TPSA) is 92.2 Å². The van der Waals surface area contributed by atoms with Gasteiger partial charge in [-0.2, -0.15) is 0 Å². The Morgan fingerprint density at radius 2 is 1.74 bits per heavy atom. The SMILES string of the molecule is O=C(O)Cc1ccc(NC(=O)c2cncnc2)cc1. The Labute approximate surface area is 109 Å². The molecule has 0 saturated carbocycles. The molecule has 19 heavy (non-hydrogen) atoms. The van der Waals surface area contributed by atoms with Crippen LogP contribution in [0.1, 0.15) is 15.9 Å². The molecule has 0 aliphatic heterocycles. The van der Waals surface area contributed by atoms with Crippen LogP contribution in [0.4, 0.5) is 5.69 Å². The highest BCUT2D eigenvalue weighted by molar-refractivity contribution is 6.03. The van der Waals surface area contributed by atoms with Gasteiger partial charge < -0.3 is 10.4 Å². The first-order valence-electron chi connectivity index (χ1n) is 5.52. The highest BCUT2D eigenvalue weighted by atomic mass is 16.4. The molecule has 1 aromatic carbocycles. The molecule has 0 atom stereocenters. The van der Waals surface area contributed by atoms with E-state index in [1.54, 1.807) is 24.3 Å². The van der Waals surface area contributed by atoms with Crippen LogP contribution in [0.15, 0.2) is 43.0 Å².